The van der Waals surface area contributed by atoms with Crippen molar-refractivity contribution in [2.75, 3.05) is 6.54 Å². The zero-order valence-electron chi connectivity index (χ0n) is 8.83. The lowest BCUT2D eigenvalue weighted by Crippen LogP contribution is -2.41. The van der Waals surface area contributed by atoms with Gasteiger partial charge >= 0.3 is 5.97 Å². The lowest BCUT2D eigenvalue weighted by Gasteiger charge is -2.13. The maximum absolute atomic E-state index is 11.2. The summed E-state index contributed by atoms with van der Waals surface area (Å²) >= 11 is 0. The van der Waals surface area contributed by atoms with Crippen LogP contribution in [-0.2, 0) is 9.59 Å². The Morgan fingerprint density at radius 3 is 2.29 bits per heavy atom. The Morgan fingerprint density at radius 2 is 1.86 bits per heavy atom. The number of nitrogens with one attached hydrogen (secondary N) is 2. The summed E-state index contributed by atoms with van der Waals surface area (Å²) in [7, 11) is 0. The molecule has 0 aromatic rings. The fourth-order valence-electron chi connectivity index (χ4n) is 0.936. The van der Waals surface area contributed by atoms with Gasteiger partial charge in [0.2, 0.25) is 5.91 Å². The van der Waals surface area contributed by atoms with E-state index in [1.165, 1.54) is 0 Å². The van der Waals surface area contributed by atoms with Crippen molar-refractivity contribution in [1.29, 1.82) is 0 Å². The standard InChI is InChI=1S/C9H18N2O3/c1-6(2)10-5-8(12)11-7(3)4-9(13)14/h6-7,10H,4-5H2,1-3H3,(H,11,12)(H,13,14). The highest BCUT2D eigenvalue weighted by atomic mass is 16.4. The van der Waals surface area contributed by atoms with Crippen LogP contribution in [0, 0.1) is 0 Å². The van der Waals surface area contributed by atoms with E-state index < -0.39 is 5.97 Å². The Balaban J connectivity index is 3.66. The summed E-state index contributed by atoms with van der Waals surface area (Å²) in [6.45, 7) is 5.77. The number of hydrogen-bond acceptors (Lipinski definition) is 3. The smallest absolute Gasteiger partial charge is 0.305 e. The molecule has 0 aliphatic heterocycles. The molecule has 1 amide bonds. The van der Waals surface area contributed by atoms with E-state index in [1.54, 1.807) is 6.92 Å². The fraction of sp³-hybridized carbons (Fsp3) is 0.778. The average Bonchev–Trinajstić information content (AvgIpc) is 1.98. The predicted molar refractivity (Wildman–Crippen MR) is 53.0 cm³/mol. The number of carbonyl (C=O) groups excluding carboxylic acids is 1. The lowest BCUT2D eigenvalue weighted by atomic mass is 10.2. The molecule has 0 heterocycles. The molecule has 1 atom stereocenters. The molecule has 0 aliphatic rings. The molecule has 82 valence electrons. The Hall–Kier alpha value is -1.10. The fourth-order valence-corrected chi connectivity index (χ4v) is 0.936. The van der Waals surface area contributed by atoms with Gasteiger partial charge in [0.25, 0.3) is 0 Å². The highest BCUT2D eigenvalue weighted by molar-refractivity contribution is 5.79. The van der Waals surface area contributed by atoms with Crippen molar-refractivity contribution < 1.29 is 14.7 Å². The van der Waals surface area contributed by atoms with Gasteiger partial charge in [-0.3, -0.25) is 9.59 Å². The van der Waals surface area contributed by atoms with Crippen molar-refractivity contribution in [3.05, 3.63) is 0 Å². The van der Waals surface area contributed by atoms with Crippen LogP contribution in [0.1, 0.15) is 27.2 Å². The van der Waals surface area contributed by atoms with E-state index in [1.807, 2.05) is 13.8 Å². The summed E-state index contributed by atoms with van der Waals surface area (Å²) in [5.74, 6) is -1.08. The van der Waals surface area contributed by atoms with E-state index in [9.17, 15) is 9.59 Å². The van der Waals surface area contributed by atoms with E-state index in [2.05, 4.69) is 10.6 Å². The molecular formula is C9H18N2O3. The molecule has 0 radical (unpaired) electrons. The van der Waals surface area contributed by atoms with Crippen LogP contribution in [-0.4, -0.2) is 35.6 Å². The van der Waals surface area contributed by atoms with E-state index >= 15 is 0 Å². The van der Waals surface area contributed by atoms with Crippen molar-refractivity contribution in [3.63, 3.8) is 0 Å². The molecule has 5 heteroatoms. The van der Waals surface area contributed by atoms with Gasteiger partial charge in [-0.1, -0.05) is 13.8 Å². The molecule has 0 aromatic carbocycles. The maximum Gasteiger partial charge on any atom is 0.305 e. The maximum atomic E-state index is 11.2. The van der Waals surface area contributed by atoms with Crippen LogP contribution in [0.15, 0.2) is 0 Å². The Kier molecular flexibility index (Phi) is 5.87. The quantitative estimate of drug-likeness (QED) is 0.565. The van der Waals surface area contributed by atoms with Gasteiger partial charge < -0.3 is 15.7 Å². The second-order valence-corrected chi connectivity index (χ2v) is 3.60. The first-order valence-electron chi connectivity index (χ1n) is 4.66. The summed E-state index contributed by atoms with van der Waals surface area (Å²) in [6, 6.07) is -0.0792. The van der Waals surface area contributed by atoms with Gasteiger partial charge in [-0.25, -0.2) is 0 Å². The van der Waals surface area contributed by atoms with Gasteiger partial charge in [0.1, 0.15) is 0 Å². The molecule has 0 saturated carbocycles. The molecule has 1 unspecified atom stereocenters. The van der Waals surface area contributed by atoms with Gasteiger partial charge in [-0.2, -0.15) is 0 Å². The first kappa shape index (κ1) is 12.9. The summed E-state index contributed by atoms with van der Waals surface area (Å²) in [5.41, 5.74) is 0. The molecule has 0 bridgehead atoms. The van der Waals surface area contributed by atoms with Gasteiger partial charge in [0, 0.05) is 12.1 Å². The summed E-state index contributed by atoms with van der Waals surface area (Å²) in [5, 5.41) is 14.0. The predicted octanol–water partition coefficient (Wildman–Crippen LogP) is -0.0362. The topological polar surface area (TPSA) is 78.4 Å². The Bertz CT molecular complexity index is 204. The number of aliphatic carboxylic acids is 1. The lowest BCUT2D eigenvalue weighted by molar-refractivity contribution is -0.137. The minimum atomic E-state index is -0.908. The molecule has 3 N–H and O–H groups in total. The molecule has 0 aromatic heterocycles. The molecule has 0 saturated heterocycles. The summed E-state index contributed by atoms with van der Waals surface area (Å²) in [4.78, 5) is 21.5. The zero-order chi connectivity index (χ0) is 11.1. The van der Waals surface area contributed by atoms with Crippen molar-refractivity contribution in [3.8, 4) is 0 Å². The highest BCUT2D eigenvalue weighted by Crippen LogP contribution is 1.89. The minimum absolute atomic E-state index is 0.0482. The van der Waals surface area contributed by atoms with E-state index in [0.29, 0.717) is 0 Å². The van der Waals surface area contributed by atoms with Crippen LogP contribution in [0.2, 0.25) is 0 Å². The van der Waals surface area contributed by atoms with Crippen molar-refractivity contribution >= 4 is 11.9 Å². The highest BCUT2D eigenvalue weighted by Gasteiger charge is 2.10. The second-order valence-electron chi connectivity index (χ2n) is 3.60. The van der Waals surface area contributed by atoms with Crippen molar-refractivity contribution in [2.24, 2.45) is 0 Å². The Labute approximate surface area is 83.9 Å². The molecule has 5 nitrogen and oxygen atoms in total. The number of carboxylic acid groups (broad SMARTS) is 1. The molecule has 0 rings (SSSR count). The van der Waals surface area contributed by atoms with Crippen LogP contribution >= 0.6 is 0 Å². The van der Waals surface area contributed by atoms with E-state index in [-0.39, 0.29) is 31.0 Å². The second kappa shape index (κ2) is 6.37. The first-order chi connectivity index (χ1) is 6.41. The summed E-state index contributed by atoms with van der Waals surface area (Å²) in [6.07, 6.45) is -0.0482. The summed E-state index contributed by atoms with van der Waals surface area (Å²) < 4.78 is 0. The molecular weight excluding hydrogens is 184 g/mol. The minimum Gasteiger partial charge on any atom is -0.481 e. The van der Waals surface area contributed by atoms with E-state index in [4.69, 9.17) is 5.11 Å². The normalized spacial score (nSPS) is 12.6. The van der Waals surface area contributed by atoms with Gasteiger partial charge in [-0.15, -0.1) is 0 Å². The van der Waals surface area contributed by atoms with Crippen LogP contribution in [0.25, 0.3) is 0 Å². The van der Waals surface area contributed by atoms with Crippen molar-refractivity contribution in [2.45, 2.75) is 39.3 Å². The zero-order valence-corrected chi connectivity index (χ0v) is 8.83. The largest absolute Gasteiger partial charge is 0.481 e. The molecule has 14 heavy (non-hydrogen) atoms. The molecule has 0 fully saturated rings. The Morgan fingerprint density at radius 1 is 1.29 bits per heavy atom. The van der Waals surface area contributed by atoms with E-state index in [0.717, 1.165) is 0 Å². The first-order valence-corrected chi connectivity index (χ1v) is 4.66. The van der Waals surface area contributed by atoms with Crippen molar-refractivity contribution in [1.82, 2.24) is 10.6 Å². The number of amides is 1. The third kappa shape index (κ3) is 7.54. The number of carbonyl (C=O) groups is 2. The van der Waals surface area contributed by atoms with Crippen LogP contribution in [0.3, 0.4) is 0 Å². The average molecular weight is 202 g/mol. The SMILES string of the molecule is CC(C)NCC(=O)NC(C)CC(=O)O. The van der Waals surface area contributed by atoms with Gasteiger partial charge in [0.15, 0.2) is 0 Å². The van der Waals surface area contributed by atoms with Crippen LogP contribution in [0.5, 0.6) is 0 Å². The third-order valence-corrected chi connectivity index (χ3v) is 1.56. The number of rotatable bonds is 6. The third-order valence-electron chi connectivity index (χ3n) is 1.56. The number of carboxylic acids is 1. The van der Waals surface area contributed by atoms with Crippen LogP contribution in [0.4, 0.5) is 0 Å². The number of hydrogen-bond donors (Lipinski definition) is 3. The molecule has 0 aliphatic carbocycles. The van der Waals surface area contributed by atoms with Gasteiger partial charge in [0.05, 0.1) is 13.0 Å². The van der Waals surface area contributed by atoms with Gasteiger partial charge in [-0.05, 0) is 6.92 Å². The monoisotopic (exact) mass is 202 g/mol. The van der Waals surface area contributed by atoms with Crippen LogP contribution < -0.4 is 10.6 Å². The molecule has 0 spiro atoms.